The van der Waals surface area contributed by atoms with Crippen molar-refractivity contribution in [2.24, 2.45) is 5.92 Å². The molecule has 5 nitrogen and oxygen atoms in total. The number of hydrogen-bond acceptors (Lipinski definition) is 4. The molecule has 0 radical (unpaired) electrons. The van der Waals surface area contributed by atoms with E-state index in [1.54, 1.807) is 0 Å². The second-order valence-corrected chi connectivity index (χ2v) is 7.47. The Hall–Kier alpha value is -0.910. The fraction of sp³-hybridized carbons (Fsp3) is 0.850. The van der Waals surface area contributed by atoms with Crippen LogP contribution in [0, 0.1) is 5.92 Å². The summed E-state index contributed by atoms with van der Waals surface area (Å²) in [7, 11) is 0. The second-order valence-electron chi connectivity index (χ2n) is 7.47. The number of carbonyl (C=O) groups is 1. The molecule has 2 bridgehead atoms. The number of unbranched alkanes of at least 4 members (excludes halogenated alkanes) is 3. The molecule has 2 saturated heterocycles. The minimum absolute atomic E-state index is 0.318. The molecular weight excluding hydrogens is 318 g/mol. The maximum atomic E-state index is 11.2. The number of hydrogen-bond donors (Lipinski definition) is 1. The summed E-state index contributed by atoms with van der Waals surface area (Å²) in [6.45, 7) is 5.29. The first kappa shape index (κ1) is 20.4. The van der Waals surface area contributed by atoms with E-state index in [2.05, 4.69) is 13.0 Å². The van der Waals surface area contributed by atoms with E-state index in [-0.39, 0.29) is 5.91 Å². The highest BCUT2D eigenvalue weighted by atomic mass is 16.5. The molecule has 0 saturated carbocycles. The van der Waals surface area contributed by atoms with Crippen LogP contribution in [-0.2, 0) is 14.3 Å². The summed E-state index contributed by atoms with van der Waals surface area (Å²) in [5, 5.41) is 10.4. The van der Waals surface area contributed by atoms with E-state index in [0.717, 1.165) is 24.5 Å². The number of fused-ring (bicyclic) bond motifs is 2. The molecule has 5 heteroatoms. The molecule has 0 aromatic rings. The van der Waals surface area contributed by atoms with Gasteiger partial charge in [0.25, 0.3) is 0 Å². The molecule has 1 amide bonds. The van der Waals surface area contributed by atoms with Crippen molar-refractivity contribution >= 4 is 5.91 Å². The molecule has 3 atom stereocenters. The van der Waals surface area contributed by atoms with Crippen LogP contribution in [0.25, 0.3) is 0 Å². The quantitative estimate of drug-likeness (QED) is 0.248. The molecule has 0 unspecified atom stereocenters. The van der Waals surface area contributed by atoms with E-state index in [0.29, 0.717) is 37.7 Å². The van der Waals surface area contributed by atoms with Gasteiger partial charge in [0.2, 0.25) is 5.91 Å². The lowest BCUT2D eigenvalue weighted by atomic mass is 9.86. The number of amides is 1. The predicted octanol–water partition coefficient (Wildman–Crippen LogP) is 4.10. The van der Waals surface area contributed by atoms with Crippen molar-refractivity contribution in [3.63, 3.8) is 0 Å². The summed E-state index contributed by atoms with van der Waals surface area (Å²) >= 11 is 0. The van der Waals surface area contributed by atoms with Gasteiger partial charge < -0.3 is 9.47 Å². The Morgan fingerprint density at radius 1 is 1.32 bits per heavy atom. The summed E-state index contributed by atoms with van der Waals surface area (Å²) < 4.78 is 11.8. The van der Waals surface area contributed by atoms with Gasteiger partial charge in [-0.25, -0.2) is 5.06 Å². The third-order valence-corrected chi connectivity index (χ3v) is 5.38. The van der Waals surface area contributed by atoms with Crippen molar-refractivity contribution in [2.45, 2.75) is 83.8 Å². The lowest BCUT2D eigenvalue weighted by molar-refractivity contribution is -0.162. The van der Waals surface area contributed by atoms with Crippen molar-refractivity contribution in [1.82, 2.24) is 5.06 Å². The SMILES string of the molecule is CCCCCCOCC(=CC[C@H]1C[C@H]2CC[C@@H]1O2)CCN(O)C(C)=O. The molecule has 0 spiro atoms. The fourth-order valence-corrected chi connectivity index (χ4v) is 3.78. The van der Waals surface area contributed by atoms with Gasteiger partial charge in [0.15, 0.2) is 0 Å². The molecule has 2 fully saturated rings. The molecular formula is C20H35NO4. The van der Waals surface area contributed by atoms with Gasteiger partial charge in [0.1, 0.15) is 0 Å². The van der Waals surface area contributed by atoms with Crippen LogP contribution >= 0.6 is 0 Å². The maximum Gasteiger partial charge on any atom is 0.242 e. The van der Waals surface area contributed by atoms with Gasteiger partial charge >= 0.3 is 0 Å². The minimum atomic E-state index is -0.318. The smallest absolute Gasteiger partial charge is 0.242 e. The molecule has 1 N–H and O–H groups in total. The van der Waals surface area contributed by atoms with E-state index in [4.69, 9.17) is 9.47 Å². The number of rotatable bonds is 12. The number of allylic oxidation sites excluding steroid dienone is 1. The monoisotopic (exact) mass is 353 g/mol. The number of carbonyl (C=O) groups excluding carboxylic acids is 1. The molecule has 2 rings (SSSR count). The van der Waals surface area contributed by atoms with Gasteiger partial charge in [-0.15, -0.1) is 0 Å². The number of ether oxygens (including phenoxy) is 2. The molecule has 0 aliphatic carbocycles. The van der Waals surface area contributed by atoms with Gasteiger partial charge in [0.05, 0.1) is 25.4 Å². The highest BCUT2D eigenvalue weighted by Gasteiger charge is 2.39. The van der Waals surface area contributed by atoms with Gasteiger partial charge in [0, 0.05) is 13.5 Å². The van der Waals surface area contributed by atoms with Crippen LogP contribution in [0.4, 0.5) is 0 Å². The Labute approximate surface area is 152 Å². The molecule has 2 aliphatic heterocycles. The first-order chi connectivity index (χ1) is 12.1. The van der Waals surface area contributed by atoms with Crippen molar-refractivity contribution in [2.75, 3.05) is 19.8 Å². The summed E-state index contributed by atoms with van der Waals surface area (Å²) in [4.78, 5) is 11.2. The number of hydroxylamine groups is 2. The van der Waals surface area contributed by atoms with Crippen molar-refractivity contribution < 1.29 is 19.5 Å². The third-order valence-electron chi connectivity index (χ3n) is 5.38. The zero-order chi connectivity index (χ0) is 18.1. The number of nitrogens with zero attached hydrogens (tertiary/aromatic N) is 1. The van der Waals surface area contributed by atoms with Crippen LogP contribution < -0.4 is 0 Å². The lowest BCUT2D eigenvalue weighted by Crippen LogP contribution is -2.26. The molecule has 0 aromatic heterocycles. The fourth-order valence-electron chi connectivity index (χ4n) is 3.78. The molecule has 0 aromatic carbocycles. The van der Waals surface area contributed by atoms with Crippen LogP contribution in [0.2, 0.25) is 0 Å². The first-order valence-corrected chi connectivity index (χ1v) is 9.98. The second kappa shape index (κ2) is 10.9. The summed E-state index contributed by atoms with van der Waals surface area (Å²) in [6, 6.07) is 0. The summed E-state index contributed by atoms with van der Waals surface area (Å²) in [6.07, 6.45) is 13.2. The molecule has 2 heterocycles. The van der Waals surface area contributed by atoms with Crippen molar-refractivity contribution in [3.05, 3.63) is 11.6 Å². The summed E-state index contributed by atoms with van der Waals surface area (Å²) in [5.74, 6) is 0.303. The Morgan fingerprint density at radius 3 is 2.80 bits per heavy atom. The third kappa shape index (κ3) is 7.08. The standard InChI is InChI=1S/C20H35NO4/c1-3-4-5-6-13-24-15-17(11-12-21(23)16(2)22)7-8-18-14-19-9-10-20(18)25-19/h7,18-20,23H,3-6,8-15H2,1-2H3/t18-,19+,20-/m0/s1. The Bertz CT molecular complexity index is 437. The van der Waals surface area contributed by atoms with E-state index >= 15 is 0 Å². The van der Waals surface area contributed by atoms with E-state index < -0.39 is 0 Å². The largest absolute Gasteiger partial charge is 0.377 e. The Morgan fingerprint density at radius 2 is 2.16 bits per heavy atom. The summed E-state index contributed by atoms with van der Waals surface area (Å²) in [5.41, 5.74) is 1.18. The van der Waals surface area contributed by atoms with Crippen molar-refractivity contribution in [3.8, 4) is 0 Å². The lowest BCUT2D eigenvalue weighted by Gasteiger charge is -2.18. The Kier molecular flexibility index (Phi) is 8.93. The van der Waals surface area contributed by atoms with E-state index in [1.165, 1.54) is 51.0 Å². The maximum absolute atomic E-state index is 11.2. The average molecular weight is 354 g/mol. The minimum Gasteiger partial charge on any atom is -0.377 e. The van der Waals surface area contributed by atoms with Crippen LogP contribution in [0.15, 0.2) is 11.6 Å². The topological polar surface area (TPSA) is 59.0 Å². The van der Waals surface area contributed by atoms with Crippen LogP contribution in [0.5, 0.6) is 0 Å². The van der Waals surface area contributed by atoms with Crippen LogP contribution in [-0.4, -0.2) is 48.1 Å². The van der Waals surface area contributed by atoms with Gasteiger partial charge in [-0.2, -0.15) is 0 Å². The zero-order valence-electron chi connectivity index (χ0n) is 15.9. The normalized spacial score (nSPS) is 25.6. The highest BCUT2D eigenvalue weighted by Crippen LogP contribution is 2.40. The zero-order valence-corrected chi connectivity index (χ0v) is 15.9. The van der Waals surface area contributed by atoms with Crippen LogP contribution in [0.3, 0.4) is 0 Å². The van der Waals surface area contributed by atoms with E-state index in [9.17, 15) is 10.0 Å². The van der Waals surface area contributed by atoms with Gasteiger partial charge in [-0.05, 0) is 50.0 Å². The van der Waals surface area contributed by atoms with Gasteiger partial charge in [-0.3, -0.25) is 10.0 Å². The van der Waals surface area contributed by atoms with Gasteiger partial charge in [-0.1, -0.05) is 32.3 Å². The molecule has 144 valence electrons. The van der Waals surface area contributed by atoms with Crippen molar-refractivity contribution in [1.29, 1.82) is 0 Å². The Balaban J connectivity index is 1.76. The van der Waals surface area contributed by atoms with Crippen LogP contribution in [0.1, 0.15) is 71.6 Å². The van der Waals surface area contributed by atoms with E-state index in [1.807, 2.05) is 0 Å². The predicted molar refractivity (Wildman–Crippen MR) is 97.5 cm³/mol. The average Bonchev–Trinajstić information content (AvgIpc) is 3.22. The molecule has 25 heavy (non-hydrogen) atoms. The first-order valence-electron chi connectivity index (χ1n) is 9.98. The molecule has 2 aliphatic rings. The highest BCUT2D eigenvalue weighted by molar-refractivity contribution is 5.71.